The second-order valence-electron chi connectivity index (χ2n) is 4.04. The van der Waals surface area contributed by atoms with Crippen molar-refractivity contribution in [2.45, 2.75) is 13.5 Å². The minimum absolute atomic E-state index is 0.137. The van der Waals surface area contributed by atoms with Crippen LogP contribution in [0.25, 0.3) is 0 Å². The second kappa shape index (κ2) is 6.43. The van der Waals surface area contributed by atoms with Crippen LogP contribution in [0.1, 0.15) is 11.8 Å². The van der Waals surface area contributed by atoms with Crippen LogP contribution in [0.2, 0.25) is 10.0 Å². The standard InChI is InChI=1S/C13H11Cl2FN2OS/c1-7(19)18-11-2-3-20-12(11)6-17-13-9(14)4-8(16)5-10(13)15/h2-5,17H,6H2,1H3,(H,18,19). The van der Waals surface area contributed by atoms with Crippen molar-refractivity contribution < 1.29 is 9.18 Å². The van der Waals surface area contributed by atoms with Crippen LogP contribution in [0.4, 0.5) is 15.8 Å². The maximum atomic E-state index is 13.1. The fraction of sp³-hybridized carbons (Fsp3) is 0.154. The van der Waals surface area contributed by atoms with Gasteiger partial charge in [-0.2, -0.15) is 0 Å². The van der Waals surface area contributed by atoms with Crippen LogP contribution >= 0.6 is 34.5 Å². The summed E-state index contributed by atoms with van der Waals surface area (Å²) in [5, 5.41) is 8.09. The highest BCUT2D eigenvalue weighted by Gasteiger charge is 2.10. The molecule has 0 fully saturated rings. The van der Waals surface area contributed by atoms with Gasteiger partial charge in [0, 0.05) is 11.8 Å². The first kappa shape index (κ1) is 15.1. The van der Waals surface area contributed by atoms with Crippen molar-refractivity contribution in [1.29, 1.82) is 0 Å². The lowest BCUT2D eigenvalue weighted by Crippen LogP contribution is -2.08. The zero-order valence-electron chi connectivity index (χ0n) is 10.5. The number of benzene rings is 1. The Balaban J connectivity index is 2.13. The van der Waals surface area contributed by atoms with E-state index < -0.39 is 5.82 Å². The molecule has 0 spiro atoms. The maximum absolute atomic E-state index is 13.1. The van der Waals surface area contributed by atoms with Crippen molar-refractivity contribution in [1.82, 2.24) is 0 Å². The van der Waals surface area contributed by atoms with Crippen molar-refractivity contribution >= 4 is 51.8 Å². The average molecular weight is 333 g/mol. The van der Waals surface area contributed by atoms with Gasteiger partial charge in [0.2, 0.25) is 5.91 Å². The molecule has 0 unspecified atom stereocenters. The summed E-state index contributed by atoms with van der Waals surface area (Å²) in [4.78, 5) is 12.0. The smallest absolute Gasteiger partial charge is 0.221 e. The molecule has 2 N–H and O–H groups in total. The number of nitrogens with one attached hydrogen (secondary N) is 2. The number of thiophene rings is 1. The Morgan fingerprint density at radius 1 is 1.35 bits per heavy atom. The zero-order chi connectivity index (χ0) is 14.7. The molecule has 2 rings (SSSR count). The summed E-state index contributed by atoms with van der Waals surface area (Å²) in [5.74, 6) is -0.622. The molecule has 106 valence electrons. The van der Waals surface area contributed by atoms with Gasteiger partial charge in [-0.15, -0.1) is 11.3 Å². The predicted octanol–water partition coefficient (Wildman–Crippen LogP) is 4.76. The van der Waals surface area contributed by atoms with Gasteiger partial charge in [0.25, 0.3) is 0 Å². The number of carbonyl (C=O) groups excluding carboxylic acids is 1. The molecule has 0 radical (unpaired) electrons. The van der Waals surface area contributed by atoms with E-state index in [9.17, 15) is 9.18 Å². The topological polar surface area (TPSA) is 41.1 Å². The van der Waals surface area contributed by atoms with Gasteiger partial charge < -0.3 is 10.6 Å². The molecule has 0 aliphatic rings. The van der Waals surface area contributed by atoms with E-state index in [0.29, 0.717) is 12.2 Å². The molecule has 1 heterocycles. The van der Waals surface area contributed by atoms with E-state index in [0.717, 1.165) is 10.6 Å². The predicted molar refractivity (Wildman–Crippen MR) is 82.4 cm³/mol. The number of hydrogen-bond acceptors (Lipinski definition) is 3. The fourth-order valence-electron chi connectivity index (χ4n) is 1.66. The Kier molecular flexibility index (Phi) is 4.86. The lowest BCUT2D eigenvalue weighted by atomic mass is 10.3. The third kappa shape index (κ3) is 3.62. The molecular formula is C13H11Cl2FN2OS. The van der Waals surface area contributed by atoms with Crippen LogP contribution in [0.5, 0.6) is 0 Å². The summed E-state index contributed by atoms with van der Waals surface area (Å²) in [5.41, 5.74) is 1.21. The number of carbonyl (C=O) groups is 1. The van der Waals surface area contributed by atoms with Crippen molar-refractivity contribution in [2.24, 2.45) is 0 Å². The summed E-state index contributed by atoms with van der Waals surface area (Å²) >= 11 is 13.4. The van der Waals surface area contributed by atoms with Gasteiger partial charge in [0.1, 0.15) is 5.82 Å². The highest BCUT2D eigenvalue weighted by Crippen LogP contribution is 2.32. The molecule has 20 heavy (non-hydrogen) atoms. The largest absolute Gasteiger partial charge is 0.378 e. The summed E-state index contributed by atoms with van der Waals surface area (Å²) in [6.45, 7) is 1.88. The quantitative estimate of drug-likeness (QED) is 0.847. The molecule has 0 atom stereocenters. The number of hydrogen-bond donors (Lipinski definition) is 2. The van der Waals surface area contributed by atoms with Gasteiger partial charge in [-0.3, -0.25) is 4.79 Å². The molecule has 0 saturated carbocycles. The summed E-state index contributed by atoms with van der Waals surface area (Å²) in [6.07, 6.45) is 0. The number of halogens is 3. The van der Waals surface area contributed by atoms with E-state index in [2.05, 4.69) is 10.6 Å². The fourth-order valence-corrected chi connectivity index (χ4v) is 3.02. The van der Waals surface area contributed by atoms with E-state index >= 15 is 0 Å². The van der Waals surface area contributed by atoms with Crippen molar-refractivity contribution in [2.75, 3.05) is 10.6 Å². The minimum atomic E-state index is -0.486. The third-order valence-electron chi connectivity index (χ3n) is 2.49. The number of anilines is 2. The van der Waals surface area contributed by atoms with E-state index in [4.69, 9.17) is 23.2 Å². The Labute approximate surface area is 129 Å². The second-order valence-corrected chi connectivity index (χ2v) is 5.85. The van der Waals surface area contributed by atoms with Crippen molar-refractivity contribution in [3.8, 4) is 0 Å². The molecule has 0 bridgehead atoms. The summed E-state index contributed by atoms with van der Waals surface area (Å²) in [6, 6.07) is 4.20. The molecule has 3 nitrogen and oxygen atoms in total. The monoisotopic (exact) mass is 332 g/mol. The molecule has 0 saturated heterocycles. The highest BCUT2D eigenvalue weighted by molar-refractivity contribution is 7.10. The molecule has 0 aliphatic carbocycles. The SMILES string of the molecule is CC(=O)Nc1ccsc1CNc1c(Cl)cc(F)cc1Cl. The first-order valence-corrected chi connectivity index (χ1v) is 7.33. The van der Waals surface area contributed by atoms with Crippen LogP contribution in [0.15, 0.2) is 23.6 Å². The van der Waals surface area contributed by atoms with E-state index in [1.54, 1.807) is 0 Å². The molecule has 1 aromatic heterocycles. The van der Waals surface area contributed by atoms with E-state index in [1.807, 2.05) is 11.4 Å². The maximum Gasteiger partial charge on any atom is 0.221 e. The highest BCUT2D eigenvalue weighted by atomic mass is 35.5. The van der Waals surface area contributed by atoms with E-state index in [1.165, 1.54) is 30.4 Å². The molecule has 1 aromatic carbocycles. The van der Waals surface area contributed by atoms with Crippen LogP contribution in [0, 0.1) is 5.82 Å². The van der Waals surface area contributed by atoms with E-state index in [-0.39, 0.29) is 16.0 Å². The van der Waals surface area contributed by atoms with Crippen molar-refractivity contribution in [3.05, 3.63) is 44.3 Å². The van der Waals surface area contributed by atoms with Gasteiger partial charge in [0.05, 0.1) is 28.0 Å². The lowest BCUT2D eigenvalue weighted by molar-refractivity contribution is -0.114. The minimum Gasteiger partial charge on any atom is -0.378 e. The van der Waals surface area contributed by atoms with Crippen LogP contribution in [-0.2, 0) is 11.3 Å². The summed E-state index contributed by atoms with van der Waals surface area (Å²) in [7, 11) is 0. The summed E-state index contributed by atoms with van der Waals surface area (Å²) < 4.78 is 13.1. The zero-order valence-corrected chi connectivity index (χ0v) is 12.8. The Morgan fingerprint density at radius 3 is 2.60 bits per heavy atom. The molecule has 0 aliphatic heterocycles. The van der Waals surface area contributed by atoms with Gasteiger partial charge in [-0.25, -0.2) is 4.39 Å². The van der Waals surface area contributed by atoms with Crippen LogP contribution in [-0.4, -0.2) is 5.91 Å². The first-order valence-electron chi connectivity index (χ1n) is 5.69. The average Bonchev–Trinajstić information content (AvgIpc) is 2.74. The molecule has 1 amide bonds. The van der Waals surface area contributed by atoms with Crippen molar-refractivity contribution in [3.63, 3.8) is 0 Å². The Bertz CT molecular complexity index is 622. The Morgan fingerprint density at radius 2 is 2.00 bits per heavy atom. The molecular weight excluding hydrogens is 322 g/mol. The van der Waals surface area contributed by atoms with Crippen LogP contribution in [0.3, 0.4) is 0 Å². The van der Waals surface area contributed by atoms with Gasteiger partial charge in [-0.05, 0) is 23.6 Å². The van der Waals surface area contributed by atoms with Gasteiger partial charge in [0.15, 0.2) is 0 Å². The molecule has 7 heteroatoms. The lowest BCUT2D eigenvalue weighted by Gasteiger charge is -2.11. The first-order chi connectivity index (χ1) is 9.47. The molecule has 2 aromatic rings. The van der Waals surface area contributed by atoms with Gasteiger partial charge in [-0.1, -0.05) is 23.2 Å². The number of amides is 1. The third-order valence-corrected chi connectivity index (χ3v) is 4.01. The van der Waals surface area contributed by atoms with Crippen LogP contribution < -0.4 is 10.6 Å². The number of rotatable bonds is 4. The normalized spacial score (nSPS) is 10.4. The van der Waals surface area contributed by atoms with Gasteiger partial charge >= 0.3 is 0 Å². The Hall–Kier alpha value is -1.30.